The number of likely N-dealkylation sites (N-methyl/N-ethyl adjacent to an activating group) is 1. The lowest BCUT2D eigenvalue weighted by molar-refractivity contribution is -0.151. The Bertz CT molecular complexity index is 914. The third kappa shape index (κ3) is 6.59. The van der Waals surface area contributed by atoms with E-state index in [0.717, 1.165) is 10.0 Å². The molecule has 0 aliphatic carbocycles. The number of hydrogen-bond acceptors (Lipinski definition) is 6. The van der Waals surface area contributed by atoms with Crippen LogP contribution >= 0.6 is 15.9 Å². The average molecular weight is 478 g/mol. The molecule has 160 valence electrons. The van der Waals surface area contributed by atoms with Crippen LogP contribution in [0.3, 0.4) is 0 Å². The van der Waals surface area contributed by atoms with Crippen molar-refractivity contribution in [1.82, 2.24) is 4.90 Å². The van der Waals surface area contributed by atoms with Gasteiger partial charge in [0.15, 0.2) is 12.4 Å². The summed E-state index contributed by atoms with van der Waals surface area (Å²) in [5.41, 5.74) is 1.23. The molecule has 0 atom stereocenters. The molecule has 0 radical (unpaired) electrons. The van der Waals surface area contributed by atoms with Crippen LogP contribution in [0.15, 0.2) is 46.9 Å². The monoisotopic (exact) mass is 477 g/mol. The average Bonchev–Trinajstić information content (AvgIpc) is 2.75. The molecule has 8 heteroatoms. The van der Waals surface area contributed by atoms with Crippen molar-refractivity contribution in [3.63, 3.8) is 0 Å². The van der Waals surface area contributed by atoms with Gasteiger partial charge in [-0.15, -0.1) is 0 Å². The van der Waals surface area contributed by atoms with E-state index in [4.69, 9.17) is 14.2 Å². The third-order valence-corrected chi connectivity index (χ3v) is 4.89. The van der Waals surface area contributed by atoms with Gasteiger partial charge in [0.25, 0.3) is 5.91 Å². The number of carbonyl (C=O) groups is 3. The van der Waals surface area contributed by atoms with Gasteiger partial charge in [0, 0.05) is 30.0 Å². The molecule has 0 bridgehead atoms. The van der Waals surface area contributed by atoms with Crippen molar-refractivity contribution in [2.45, 2.75) is 19.4 Å². The Balaban J connectivity index is 1.82. The number of rotatable bonds is 10. The van der Waals surface area contributed by atoms with E-state index in [9.17, 15) is 14.4 Å². The van der Waals surface area contributed by atoms with Crippen molar-refractivity contribution >= 4 is 33.6 Å². The van der Waals surface area contributed by atoms with Gasteiger partial charge < -0.3 is 19.1 Å². The van der Waals surface area contributed by atoms with Crippen LogP contribution in [0.5, 0.6) is 11.5 Å². The van der Waals surface area contributed by atoms with E-state index in [0.29, 0.717) is 23.6 Å². The predicted molar refractivity (Wildman–Crippen MR) is 115 cm³/mol. The fraction of sp³-hybridized carbons (Fsp3) is 0.318. The Hall–Kier alpha value is -2.87. The molecule has 0 aliphatic heterocycles. The fourth-order valence-corrected chi connectivity index (χ4v) is 3.11. The van der Waals surface area contributed by atoms with Crippen LogP contribution in [0, 0.1) is 0 Å². The molecular weight excluding hydrogens is 454 g/mol. The highest BCUT2D eigenvalue weighted by Gasteiger charge is 2.17. The van der Waals surface area contributed by atoms with Crippen LogP contribution in [0.1, 0.15) is 28.8 Å². The second-order valence-corrected chi connectivity index (χ2v) is 7.41. The number of amides is 1. The minimum atomic E-state index is -0.614. The lowest BCUT2D eigenvalue weighted by atomic mass is 10.1. The van der Waals surface area contributed by atoms with Gasteiger partial charge in [0.2, 0.25) is 0 Å². The Kier molecular flexibility index (Phi) is 8.86. The maximum absolute atomic E-state index is 12.4. The molecule has 0 saturated heterocycles. The summed E-state index contributed by atoms with van der Waals surface area (Å²) in [6.07, 6.45) is -0.172. The summed E-state index contributed by atoms with van der Waals surface area (Å²) in [6, 6.07) is 12.4. The van der Waals surface area contributed by atoms with E-state index in [-0.39, 0.29) is 24.5 Å². The summed E-state index contributed by atoms with van der Waals surface area (Å²) in [5.74, 6) is -0.101. The molecule has 1 amide bonds. The number of halogens is 1. The second kappa shape index (κ2) is 11.3. The lowest BCUT2D eigenvalue weighted by Crippen LogP contribution is -2.31. The van der Waals surface area contributed by atoms with Crippen LogP contribution in [-0.4, -0.2) is 50.4 Å². The molecule has 0 aliphatic rings. The van der Waals surface area contributed by atoms with Gasteiger partial charge in [-0.05, 0) is 24.3 Å². The molecule has 2 rings (SSSR count). The largest absolute Gasteiger partial charge is 0.496 e. The summed E-state index contributed by atoms with van der Waals surface area (Å²) in [5, 5.41) is 0. The zero-order chi connectivity index (χ0) is 22.1. The van der Waals surface area contributed by atoms with Crippen molar-refractivity contribution in [2.75, 3.05) is 27.9 Å². The van der Waals surface area contributed by atoms with Gasteiger partial charge in [-0.2, -0.15) is 0 Å². The lowest BCUT2D eigenvalue weighted by Gasteiger charge is -2.18. The van der Waals surface area contributed by atoms with Gasteiger partial charge in [-0.3, -0.25) is 14.4 Å². The van der Waals surface area contributed by atoms with Crippen LogP contribution in [0.25, 0.3) is 0 Å². The van der Waals surface area contributed by atoms with E-state index in [2.05, 4.69) is 15.9 Å². The van der Waals surface area contributed by atoms with E-state index < -0.39 is 12.6 Å². The van der Waals surface area contributed by atoms with E-state index in [1.165, 1.54) is 12.0 Å². The molecule has 0 saturated carbocycles. The normalized spacial score (nSPS) is 10.3. The Morgan fingerprint density at radius 1 is 0.967 bits per heavy atom. The molecule has 0 heterocycles. The zero-order valence-corrected chi connectivity index (χ0v) is 18.7. The molecule has 0 unspecified atom stereocenters. The van der Waals surface area contributed by atoms with Crippen LogP contribution in [-0.2, 0) is 20.9 Å². The van der Waals surface area contributed by atoms with Gasteiger partial charge in [-0.25, -0.2) is 0 Å². The number of Topliss-reactive ketones (excluding diaryl/α,β-unsaturated/α-hetero) is 1. The predicted octanol–water partition coefficient (Wildman–Crippen LogP) is 3.63. The SMILES string of the molecule is COc1ccccc1CN(C)C(=O)COC(=O)CCC(=O)c1cc(Br)ccc1OC. The summed E-state index contributed by atoms with van der Waals surface area (Å²) in [4.78, 5) is 38.1. The number of methoxy groups -OCH3 is 2. The highest BCUT2D eigenvalue weighted by atomic mass is 79.9. The molecular formula is C22H24BrNO6. The Morgan fingerprint density at radius 2 is 1.67 bits per heavy atom. The molecule has 0 spiro atoms. The van der Waals surface area contributed by atoms with Gasteiger partial charge in [0.05, 0.1) is 26.2 Å². The highest BCUT2D eigenvalue weighted by Crippen LogP contribution is 2.24. The minimum absolute atomic E-state index is 0.0448. The van der Waals surface area contributed by atoms with Crippen molar-refractivity contribution in [3.8, 4) is 11.5 Å². The Morgan fingerprint density at radius 3 is 2.37 bits per heavy atom. The first-order valence-corrected chi connectivity index (χ1v) is 10.0. The van der Waals surface area contributed by atoms with Gasteiger partial charge in [0.1, 0.15) is 11.5 Å². The maximum Gasteiger partial charge on any atom is 0.306 e. The molecule has 7 nitrogen and oxygen atoms in total. The molecule has 2 aromatic carbocycles. The van der Waals surface area contributed by atoms with Crippen LogP contribution < -0.4 is 9.47 Å². The first-order valence-electron chi connectivity index (χ1n) is 9.24. The zero-order valence-electron chi connectivity index (χ0n) is 17.1. The Labute approximate surface area is 184 Å². The highest BCUT2D eigenvalue weighted by molar-refractivity contribution is 9.10. The summed E-state index contributed by atoms with van der Waals surface area (Å²) in [7, 11) is 4.65. The minimum Gasteiger partial charge on any atom is -0.496 e. The summed E-state index contributed by atoms with van der Waals surface area (Å²) in [6.45, 7) is -0.0690. The van der Waals surface area contributed by atoms with Gasteiger partial charge in [-0.1, -0.05) is 34.1 Å². The van der Waals surface area contributed by atoms with Gasteiger partial charge >= 0.3 is 5.97 Å². The molecule has 0 aromatic heterocycles. The molecule has 30 heavy (non-hydrogen) atoms. The standard InChI is InChI=1S/C22H24BrNO6/c1-24(13-15-6-4-5-7-19(15)28-2)21(26)14-30-22(27)11-9-18(25)17-12-16(23)8-10-20(17)29-3/h4-8,10,12H,9,11,13-14H2,1-3H3. The molecule has 0 N–H and O–H groups in total. The van der Waals surface area contributed by atoms with Crippen LogP contribution in [0.2, 0.25) is 0 Å². The van der Waals surface area contributed by atoms with Crippen LogP contribution in [0.4, 0.5) is 0 Å². The summed E-state index contributed by atoms with van der Waals surface area (Å²) < 4.78 is 16.2. The number of benzene rings is 2. The molecule has 2 aromatic rings. The maximum atomic E-state index is 12.4. The van der Waals surface area contributed by atoms with Crippen molar-refractivity contribution in [3.05, 3.63) is 58.1 Å². The third-order valence-electron chi connectivity index (χ3n) is 4.40. The first kappa shape index (κ1) is 23.4. The smallest absolute Gasteiger partial charge is 0.306 e. The number of esters is 1. The topological polar surface area (TPSA) is 82.1 Å². The number of ketones is 1. The number of para-hydroxylation sites is 1. The van der Waals surface area contributed by atoms with E-state index in [1.54, 1.807) is 32.4 Å². The quantitative estimate of drug-likeness (QED) is 0.383. The second-order valence-electron chi connectivity index (χ2n) is 6.49. The van der Waals surface area contributed by atoms with Crippen molar-refractivity contribution in [1.29, 1.82) is 0 Å². The molecule has 0 fully saturated rings. The van der Waals surface area contributed by atoms with Crippen molar-refractivity contribution in [2.24, 2.45) is 0 Å². The summed E-state index contributed by atoms with van der Waals surface area (Å²) >= 11 is 3.31. The van der Waals surface area contributed by atoms with E-state index in [1.807, 2.05) is 24.3 Å². The fourth-order valence-electron chi connectivity index (χ4n) is 2.75. The first-order chi connectivity index (χ1) is 14.3. The van der Waals surface area contributed by atoms with Crippen molar-refractivity contribution < 1.29 is 28.6 Å². The number of ether oxygens (including phenoxy) is 3. The number of carbonyl (C=O) groups excluding carboxylic acids is 3. The number of nitrogens with zero attached hydrogens (tertiary/aromatic N) is 1. The number of hydrogen-bond donors (Lipinski definition) is 0. The van der Waals surface area contributed by atoms with E-state index >= 15 is 0 Å².